The average Bonchev–Trinajstić information content (AvgIpc) is 3.23. The van der Waals surface area contributed by atoms with E-state index >= 15 is 0 Å². The van der Waals surface area contributed by atoms with E-state index in [-0.39, 0.29) is 17.2 Å². The number of aromatic nitrogens is 5. The molecule has 25 heavy (non-hydrogen) atoms. The maximum Gasteiger partial charge on any atom is 0.266 e. The summed E-state index contributed by atoms with van der Waals surface area (Å²) in [4.78, 5) is 30.0. The summed E-state index contributed by atoms with van der Waals surface area (Å²) in [5, 5.41) is 8.19. The van der Waals surface area contributed by atoms with E-state index in [0.717, 1.165) is 5.56 Å². The van der Waals surface area contributed by atoms with E-state index < -0.39 is 0 Å². The van der Waals surface area contributed by atoms with Gasteiger partial charge in [0.25, 0.3) is 5.56 Å². The first-order valence-corrected chi connectivity index (χ1v) is 7.76. The molecule has 0 saturated carbocycles. The fraction of sp³-hybridized carbons (Fsp3) is 0.0556. The van der Waals surface area contributed by atoms with Crippen LogP contribution in [0.3, 0.4) is 0 Å². The molecule has 0 amide bonds. The van der Waals surface area contributed by atoms with Crippen molar-refractivity contribution in [2.24, 2.45) is 0 Å². The molecular weight excluding hydrogens is 318 g/mol. The van der Waals surface area contributed by atoms with Gasteiger partial charge in [-0.3, -0.25) is 14.2 Å². The quantitative estimate of drug-likeness (QED) is 0.491. The van der Waals surface area contributed by atoms with Gasteiger partial charge in [-0.2, -0.15) is 0 Å². The number of carbonyl (C=O) groups is 1. The molecule has 0 unspecified atom stereocenters. The van der Waals surface area contributed by atoms with Crippen molar-refractivity contribution in [3.05, 3.63) is 82.2 Å². The van der Waals surface area contributed by atoms with Crippen LogP contribution in [-0.2, 0) is 6.54 Å². The lowest BCUT2D eigenvalue weighted by molar-refractivity contribution is 0.103. The summed E-state index contributed by atoms with van der Waals surface area (Å²) >= 11 is 0. The topological polar surface area (TPSA) is 82.7 Å². The normalized spacial score (nSPS) is 12.4. The van der Waals surface area contributed by atoms with Gasteiger partial charge in [-0.05, 0) is 29.8 Å². The number of rotatable bonds is 2. The summed E-state index contributed by atoms with van der Waals surface area (Å²) in [5.74, 6) is -0.0518. The highest BCUT2D eigenvalue weighted by Gasteiger charge is 2.29. The zero-order chi connectivity index (χ0) is 17.0. The number of nitrogens with zero attached hydrogens (tertiary/aromatic N) is 5. The highest BCUT2D eigenvalue weighted by molar-refractivity contribution is 6.13. The van der Waals surface area contributed by atoms with Crippen molar-refractivity contribution in [2.45, 2.75) is 6.54 Å². The fourth-order valence-corrected chi connectivity index (χ4v) is 3.19. The number of ketones is 1. The maximum absolute atomic E-state index is 13.0. The minimum absolute atomic E-state index is 0.169. The van der Waals surface area contributed by atoms with Crippen LogP contribution in [0.5, 0.6) is 0 Å². The Morgan fingerprint density at radius 2 is 1.92 bits per heavy atom. The molecule has 0 aliphatic carbocycles. The second kappa shape index (κ2) is 4.94. The highest BCUT2D eigenvalue weighted by atomic mass is 16.1. The van der Waals surface area contributed by atoms with Crippen LogP contribution in [0, 0.1) is 0 Å². The third kappa shape index (κ3) is 1.96. The molecule has 3 heterocycles. The number of para-hydroxylation sites is 1. The van der Waals surface area contributed by atoms with E-state index in [2.05, 4.69) is 15.3 Å². The van der Waals surface area contributed by atoms with Crippen molar-refractivity contribution < 1.29 is 4.79 Å². The number of hydrogen-bond donors (Lipinski definition) is 0. The van der Waals surface area contributed by atoms with Crippen molar-refractivity contribution in [2.75, 3.05) is 0 Å². The van der Waals surface area contributed by atoms with Crippen molar-refractivity contribution in [1.82, 2.24) is 24.5 Å². The monoisotopic (exact) mass is 329 g/mol. The van der Waals surface area contributed by atoms with Crippen LogP contribution in [0.15, 0.2) is 59.7 Å². The minimum Gasteiger partial charge on any atom is -0.285 e. The van der Waals surface area contributed by atoms with E-state index in [1.54, 1.807) is 53.5 Å². The smallest absolute Gasteiger partial charge is 0.266 e. The predicted molar refractivity (Wildman–Crippen MR) is 89.9 cm³/mol. The number of hydrogen-bond acceptors (Lipinski definition) is 5. The Morgan fingerprint density at radius 1 is 1.04 bits per heavy atom. The van der Waals surface area contributed by atoms with Crippen LogP contribution in [-0.4, -0.2) is 30.3 Å². The van der Waals surface area contributed by atoms with E-state index in [1.807, 2.05) is 6.07 Å². The zero-order valence-corrected chi connectivity index (χ0v) is 13.0. The minimum atomic E-state index is -0.237. The van der Waals surface area contributed by atoms with Crippen LogP contribution in [0.25, 0.3) is 16.6 Å². The molecule has 7 nitrogen and oxygen atoms in total. The van der Waals surface area contributed by atoms with Gasteiger partial charge in [0.1, 0.15) is 0 Å². The van der Waals surface area contributed by atoms with Crippen molar-refractivity contribution in [1.29, 1.82) is 0 Å². The molecular formula is C18H11N5O2. The molecule has 0 atom stereocenters. The molecule has 0 bridgehead atoms. The van der Waals surface area contributed by atoms with Crippen molar-refractivity contribution in [3.8, 4) is 5.69 Å². The fourth-order valence-electron chi connectivity index (χ4n) is 3.19. The second-order valence-corrected chi connectivity index (χ2v) is 5.87. The Morgan fingerprint density at radius 3 is 2.76 bits per heavy atom. The molecule has 0 N–H and O–H groups in total. The van der Waals surface area contributed by atoms with Gasteiger partial charge >= 0.3 is 0 Å². The standard InChI is InChI=1S/C18H11N5O2/c24-16-12-3-1-2-4-15(12)23-17(16)20-14-6-5-11(9-13(14)18(23)25)10-22-8-7-19-21-22/h1-9H,10H2. The molecule has 2 aromatic carbocycles. The summed E-state index contributed by atoms with van der Waals surface area (Å²) in [6.45, 7) is 0.507. The van der Waals surface area contributed by atoms with Gasteiger partial charge in [-0.1, -0.05) is 23.4 Å². The molecule has 0 radical (unpaired) electrons. The Hall–Kier alpha value is -3.61. The lowest BCUT2D eigenvalue weighted by atomic mass is 10.1. The van der Waals surface area contributed by atoms with Gasteiger partial charge in [0.2, 0.25) is 5.78 Å². The number of carbonyl (C=O) groups excluding carboxylic acids is 1. The Kier molecular flexibility index (Phi) is 2.73. The SMILES string of the molecule is O=C1c2ccccc2-n2c1nc1ccc(Cn3ccnn3)cc1c2=O. The summed E-state index contributed by atoms with van der Waals surface area (Å²) in [5.41, 5.74) is 2.28. The molecule has 0 saturated heterocycles. The van der Waals surface area contributed by atoms with Gasteiger partial charge in [-0.25, -0.2) is 9.67 Å². The Labute approximate surface area is 141 Å². The molecule has 120 valence electrons. The summed E-state index contributed by atoms with van der Waals surface area (Å²) in [7, 11) is 0. The average molecular weight is 329 g/mol. The predicted octanol–water partition coefficient (Wildman–Crippen LogP) is 1.57. The van der Waals surface area contributed by atoms with Gasteiger partial charge in [0.05, 0.1) is 34.9 Å². The highest BCUT2D eigenvalue weighted by Crippen LogP contribution is 2.26. The lowest BCUT2D eigenvalue weighted by Gasteiger charge is -2.07. The molecule has 0 spiro atoms. The van der Waals surface area contributed by atoms with E-state index in [9.17, 15) is 9.59 Å². The van der Waals surface area contributed by atoms with Gasteiger partial charge in [0.15, 0.2) is 5.82 Å². The second-order valence-electron chi connectivity index (χ2n) is 5.87. The maximum atomic E-state index is 13.0. The third-order valence-corrected chi connectivity index (χ3v) is 4.34. The summed E-state index contributed by atoms with van der Waals surface area (Å²) in [6, 6.07) is 12.5. The van der Waals surface area contributed by atoms with Gasteiger partial charge in [0, 0.05) is 6.20 Å². The molecule has 0 fully saturated rings. The number of benzene rings is 2. The molecule has 1 aliphatic heterocycles. The van der Waals surface area contributed by atoms with E-state index in [1.165, 1.54) is 4.57 Å². The molecule has 1 aliphatic rings. The van der Waals surface area contributed by atoms with Crippen LogP contribution < -0.4 is 5.56 Å². The van der Waals surface area contributed by atoms with Gasteiger partial charge < -0.3 is 0 Å². The molecule has 5 rings (SSSR count). The Bertz CT molecular complexity index is 1210. The van der Waals surface area contributed by atoms with Gasteiger partial charge in [-0.15, -0.1) is 5.10 Å². The summed E-state index contributed by atoms with van der Waals surface area (Å²) in [6.07, 6.45) is 3.36. The van der Waals surface area contributed by atoms with Crippen LogP contribution >= 0.6 is 0 Å². The third-order valence-electron chi connectivity index (χ3n) is 4.34. The summed E-state index contributed by atoms with van der Waals surface area (Å²) < 4.78 is 3.08. The van der Waals surface area contributed by atoms with E-state index in [0.29, 0.717) is 28.7 Å². The molecule has 7 heteroatoms. The van der Waals surface area contributed by atoms with Crippen LogP contribution in [0.4, 0.5) is 0 Å². The first-order chi connectivity index (χ1) is 12.2. The lowest BCUT2D eigenvalue weighted by Crippen LogP contribution is -2.21. The number of fused-ring (bicyclic) bond motifs is 4. The molecule has 4 aromatic rings. The zero-order valence-electron chi connectivity index (χ0n) is 13.0. The first kappa shape index (κ1) is 13.8. The first-order valence-electron chi connectivity index (χ1n) is 7.76. The Balaban J connectivity index is 1.74. The van der Waals surface area contributed by atoms with Crippen LogP contribution in [0.1, 0.15) is 21.7 Å². The van der Waals surface area contributed by atoms with Crippen LogP contribution in [0.2, 0.25) is 0 Å². The van der Waals surface area contributed by atoms with Crippen molar-refractivity contribution >= 4 is 16.7 Å². The largest absolute Gasteiger partial charge is 0.285 e. The van der Waals surface area contributed by atoms with Crippen molar-refractivity contribution in [3.63, 3.8) is 0 Å². The van der Waals surface area contributed by atoms with E-state index in [4.69, 9.17) is 0 Å². The molecule has 2 aromatic heterocycles.